The Kier molecular flexibility index (Phi) is 5.72. The summed E-state index contributed by atoms with van der Waals surface area (Å²) in [6, 6.07) is 20.2. The standard InChI is InChI=1S/C27H26N4O4/c1-27(21-11-10-19-5-2-3-6-20(19)15-21)25(34)31(26(35)29-27)17-23(32)28-16-18-8-12-22(13-9-18)30-14-4-7-24(30)33/h2-3,5-6,8-13,15H,4,7,14,16-17H2,1H3,(H,28,32)(H,29,35)/t27-/m1/s1. The summed E-state index contributed by atoms with van der Waals surface area (Å²) >= 11 is 0. The van der Waals surface area contributed by atoms with E-state index in [0.29, 0.717) is 12.0 Å². The molecule has 5 rings (SSSR count). The van der Waals surface area contributed by atoms with E-state index in [0.717, 1.165) is 39.9 Å². The Labute approximate surface area is 202 Å². The van der Waals surface area contributed by atoms with E-state index >= 15 is 0 Å². The third kappa shape index (κ3) is 4.23. The molecule has 2 aliphatic rings. The Morgan fingerprint density at radius 3 is 2.46 bits per heavy atom. The number of nitrogens with one attached hydrogen (secondary N) is 2. The maximum absolute atomic E-state index is 13.2. The fourth-order valence-electron chi connectivity index (χ4n) is 4.65. The first-order valence-corrected chi connectivity index (χ1v) is 11.6. The van der Waals surface area contributed by atoms with Gasteiger partial charge in [0.25, 0.3) is 5.91 Å². The van der Waals surface area contributed by atoms with Crippen molar-refractivity contribution in [3.8, 4) is 0 Å². The third-order valence-electron chi connectivity index (χ3n) is 6.71. The highest BCUT2D eigenvalue weighted by Gasteiger charge is 2.49. The molecule has 0 saturated carbocycles. The summed E-state index contributed by atoms with van der Waals surface area (Å²) in [7, 11) is 0. The van der Waals surface area contributed by atoms with Gasteiger partial charge in [-0.05, 0) is 53.4 Å². The van der Waals surface area contributed by atoms with E-state index in [-0.39, 0.29) is 19.0 Å². The zero-order chi connectivity index (χ0) is 24.6. The van der Waals surface area contributed by atoms with Crippen LogP contribution in [0.4, 0.5) is 10.5 Å². The maximum Gasteiger partial charge on any atom is 0.325 e. The highest BCUT2D eigenvalue weighted by molar-refractivity contribution is 6.09. The van der Waals surface area contributed by atoms with Crippen LogP contribution in [0.15, 0.2) is 66.7 Å². The number of imide groups is 1. The van der Waals surface area contributed by atoms with Crippen LogP contribution in [0, 0.1) is 0 Å². The quantitative estimate of drug-likeness (QED) is 0.541. The van der Waals surface area contributed by atoms with Gasteiger partial charge in [-0.3, -0.25) is 19.3 Å². The summed E-state index contributed by atoms with van der Waals surface area (Å²) < 4.78 is 0. The van der Waals surface area contributed by atoms with Crippen LogP contribution in [0.3, 0.4) is 0 Å². The minimum Gasteiger partial charge on any atom is -0.350 e. The molecular formula is C27H26N4O4. The van der Waals surface area contributed by atoms with Gasteiger partial charge in [0.2, 0.25) is 11.8 Å². The normalized spacial score (nSPS) is 20.0. The molecule has 1 atom stereocenters. The van der Waals surface area contributed by atoms with Crippen LogP contribution in [0.1, 0.15) is 30.9 Å². The summed E-state index contributed by atoms with van der Waals surface area (Å²) in [5.74, 6) is -0.780. The molecule has 0 aromatic heterocycles. The number of anilines is 1. The molecular weight excluding hydrogens is 444 g/mol. The third-order valence-corrected chi connectivity index (χ3v) is 6.71. The van der Waals surface area contributed by atoms with Gasteiger partial charge in [0, 0.05) is 25.2 Å². The van der Waals surface area contributed by atoms with E-state index in [9.17, 15) is 19.2 Å². The van der Waals surface area contributed by atoms with Crippen LogP contribution in [-0.2, 0) is 26.5 Å². The number of carbonyl (C=O) groups excluding carboxylic acids is 4. The van der Waals surface area contributed by atoms with Gasteiger partial charge in [-0.2, -0.15) is 0 Å². The molecule has 3 aromatic carbocycles. The van der Waals surface area contributed by atoms with E-state index in [2.05, 4.69) is 10.6 Å². The lowest BCUT2D eigenvalue weighted by molar-refractivity contribution is -0.134. The first-order valence-electron chi connectivity index (χ1n) is 11.6. The Hall–Kier alpha value is -4.20. The molecule has 0 bridgehead atoms. The molecule has 2 aliphatic heterocycles. The summed E-state index contributed by atoms with van der Waals surface area (Å²) in [6.07, 6.45) is 1.43. The number of hydrogen-bond donors (Lipinski definition) is 2. The molecule has 8 nitrogen and oxygen atoms in total. The average molecular weight is 471 g/mol. The second kappa shape index (κ2) is 8.87. The number of fused-ring (bicyclic) bond motifs is 1. The predicted octanol–water partition coefficient (Wildman–Crippen LogP) is 3.05. The van der Waals surface area contributed by atoms with Gasteiger partial charge in [0.15, 0.2) is 0 Å². The number of hydrogen-bond acceptors (Lipinski definition) is 4. The van der Waals surface area contributed by atoms with E-state index in [1.165, 1.54) is 0 Å². The van der Waals surface area contributed by atoms with Crippen molar-refractivity contribution in [1.29, 1.82) is 0 Å². The van der Waals surface area contributed by atoms with Crippen LogP contribution < -0.4 is 15.5 Å². The summed E-state index contributed by atoms with van der Waals surface area (Å²) in [5, 5.41) is 7.51. The van der Waals surface area contributed by atoms with Crippen molar-refractivity contribution in [3.05, 3.63) is 77.9 Å². The van der Waals surface area contributed by atoms with Crippen LogP contribution >= 0.6 is 0 Å². The van der Waals surface area contributed by atoms with Gasteiger partial charge in [0.1, 0.15) is 12.1 Å². The zero-order valence-corrected chi connectivity index (χ0v) is 19.4. The van der Waals surface area contributed by atoms with Crippen LogP contribution in [0.2, 0.25) is 0 Å². The van der Waals surface area contributed by atoms with Crippen molar-refractivity contribution in [1.82, 2.24) is 15.5 Å². The number of rotatable bonds is 6. The van der Waals surface area contributed by atoms with Crippen LogP contribution in [0.25, 0.3) is 10.8 Å². The molecule has 0 spiro atoms. The summed E-state index contributed by atoms with van der Waals surface area (Å²) in [4.78, 5) is 53.0. The maximum atomic E-state index is 13.2. The lowest BCUT2D eigenvalue weighted by Gasteiger charge is -2.22. The first kappa shape index (κ1) is 22.6. The lowest BCUT2D eigenvalue weighted by Crippen LogP contribution is -2.43. The van der Waals surface area contributed by atoms with Gasteiger partial charge in [-0.1, -0.05) is 48.5 Å². The van der Waals surface area contributed by atoms with E-state index < -0.39 is 23.4 Å². The van der Waals surface area contributed by atoms with Gasteiger partial charge >= 0.3 is 6.03 Å². The monoisotopic (exact) mass is 470 g/mol. The van der Waals surface area contributed by atoms with Crippen molar-refractivity contribution in [2.45, 2.75) is 31.8 Å². The minimum atomic E-state index is -1.25. The zero-order valence-electron chi connectivity index (χ0n) is 19.4. The van der Waals surface area contributed by atoms with E-state index in [1.54, 1.807) is 11.8 Å². The van der Waals surface area contributed by atoms with Gasteiger partial charge < -0.3 is 15.5 Å². The van der Waals surface area contributed by atoms with E-state index in [1.807, 2.05) is 66.7 Å². The Balaban J connectivity index is 1.22. The Morgan fingerprint density at radius 2 is 1.74 bits per heavy atom. The molecule has 0 unspecified atom stereocenters. The average Bonchev–Trinajstić information content (AvgIpc) is 3.39. The molecule has 0 radical (unpaired) electrons. The Morgan fingerprint density at radius 1 is 1.00 bits per heavy atom. The number of amides is 5. The topological polar surface area (TPSA) is 98.8 Å². The van der Waals surface area contributed by atoms with Gasteiger partial charge in [-0.25, -0.2) is 4.79 Å². The number of urea groups is 1. The molecule has 2 saturated heterocycles. The van der Waals surface area contributed by atoms with Crippen LogP contribution in [0.5, 0.6) is 0 Å². The van der Waals surface area contributed by atoms with Crippen molar-refractivity contribution in [2.24, 2.45) is 0 Å². The van der Waals surface area contributed by atoms with E-state index in [4.69, 9.17) is 0 Å². The lowest BCUT2D eigenvalue weighted by atomic mass is 9.90. The predicted molar refractivity (Wildman–Crippen MR) is 131 cm³/mol. The fourth-order valence-corrected chi connectivity index (χ4v) is 4.65. The molecule has 35 heavy (non-hydrogen) atoms. The minimum absolute atomic E-state index is 0.121. The van der Waals surface area contributed by atoms with Gasteiger partial charge in [-0.15, -0.1) is 0 Å². The SMILES string of the molecule is C[C@]1(c2ccc3ccccc3c2)NC(=O)N(CC(=O)NCc2ccc(N3CCCC3=O)cc2)C1=O. The van der Waals surface area contributed by atoms with Crippen molar-refractivity contribution in [3.63, 3.8) is 0 Å². The Bertz CT molecular complexity index is 1340. The highest BCUT2D eigenvalue weighted by Crippen LogP contribution is 2.31. The fraction of sp³-hybridized carbons (Fsp3) is 0.259. The first-order chi connectivity index (χ1) is 16.8. The number of carbonyl (C=O) groups is 4. The number of nitrogens with zero attached hydrogens (tertiary/aromatic N) is 2. The molecule has 8 heteroatoms. The molecule has 2 fully saturated rings. The second-order valence-corrected chi connectivity index (χ2v) is 9.10. The van der Waals surface area contributed by atoms with Crippen molar-refractivity contribution < 1.29 is 19.2 Å². The summed E-state index contributed by atoms with van der Waals surface area (Å²) in [6.45, 7) is 2.26. The van der Waals surface area contributed by atoms with Crippen LogP contribution in [-0.4, -0.2) is 41.7 Å². The summed E-state index contributed by atoms with van der Waals surface area (Å²) in [5.41, 5.74) is 1.11. The molecule has 3 aromatic rings. The van der Waals surface area contributed by atoms with Crippen molar-refractivity contribution >= 4 is 40.2 Å². The molecule has 0 aliphatic carbocycles. The molecule has 5 amide bonds. The molecule has 2 heterocycles. The molecule has 2 N–H and O–H groups in total. The highest BCUT2D eigenvalue weighted by atomic mass is 16.2. The van der Waals surface area contributed by atoms with Crippen molar-refractivity contribution in [2.75, 3.05) is 18.0 Å². The van der Waals surface area contributed by atoms with Gasteiger partial charge in [0.05, 0.1) is 0 Å². The largest absolute Gasteiger partial charge is 0.350 e. The second-order valence-electron chi connectivity index (χ2n) is 9.10. The number of benzene rings is 3. The smallest absolute Gasteiger partial charge is 0.325 e. The molecule has 178 valence electrons.